The molecule has 2 aromatic carbocycles. The van der Waals surface area contributed by atoms with Crippen LogP contribution in [0.1, 0.15) is 11.1 Å². The van der Waals surface area contributed by atoms with Crippen LogP contribution in [0.2, 0.25) is 0 Å². The predicted molar refractivity (Wildman–Crippen MR) is 78.1 cm³/mol. The van der Waals surface area contributed by atoms with Gasteiger partial charge < -0.3 is 4.74 Å². The lowest BCUT2D eigenvalue weighted by atomic mass is 10.2. The van der Waals surface area contributed by atoms with Crippen LogP contribution in [-0.4, -0.2) is 15.5 Å². The highest BCUT2D eigenvalue weighted by Crippen LogP contribution is 2.20. The minimum Gasteiger partial charge on any atom is -0.496 e. The third-order valence-corrected chi connectivity index (χ3v) is 4.45. The van der Waals surface area contributed by atoms with Gasteiger partial charge in [0.05, 0.1) is 17.6 Å². The molecule has 0 radical (unpaired) electrons. The molecule has 0 saturated heterocycles. The second-order valence-electron chi connectivity index (χ2n) is 4.39. The molecule has 0 saturated carbocycles. The molecule has 0 aliphatic heterocycles. The van der Waals surface area contributed by atoms with Gasteiger partial charge in [0.15, 0.2) is 0 Å². The zero-order valence-corrected chi connectivity index (χ0v) is 12.5. The van der Waals surface area contributed by atoms with Crippen molar-refractivity contribution >= 4 is 10.0 Å². The van der Waals surface area contributed by atoms with Crippen molar-refractivity contribution in [2.24, 2.45) is 0 Å². The number of hydrogen-bond donors (Lipinski definition) is 1. The fourth-order valence-electron chi connectivity index (χ4n) is 1.93. The number of halogens is 1. The van der Waals surface area contributed by atoms with E-state index in [0.29, 0.717) is 11.3 Å². The number of benzene rings is 2. The van der Waals surface area contributed by atoms with Crippen molar-refractivity contribution in [1.29, 1.82) is 5.26 Å². The predicted octanol–water partition coefficient (Wildman–Crippen LogP) is 2.18. The zero-order valence-electron chi connectivity index (χ0n) is 11.7. The first-order valence-electron chi connectivity index (χ1n) is 6.29. The molecule has 0 fully saturated rings. The largest absolute Gasteiger partial charge is 0.496 e. The Balaban J connectivity index is 2.28. The van der Waals surface area contributed by atoms with E-state index in [0.717, 1.165) is 0 Å². The molecule has 22 heavy (non-hydrogen) atoms. The SMILES string of the molecule is COc1ccc(F)cc1CNS(=O)(=O)c1ccccc1C#N. The Morgan fingerprint density at radius 1 is 1.27 bits per heavy atom. The van der Waals surface area contributed by atoms with Crippen LogP contribution in [0, 0.1) is 17.1 Å². The highest BCUT2D eigenvalue weighted by Gasteiger charge is 2.18. The molecule has 0 aliphatic rings. The minimum absolute atomic E-state index is 0.0428. The lowest BCUT2D eigenvalue weighted by molar-refractivity contribution is 0.407. The molecule has 0 aliphatic carbocycles. The molecule has 0 bridgehead atoms. The molecule has 2 aromatic rings. The van der Waals surface area contributed by atoms with Gasteiger partial charge in [-0.2, -0.15) is 5.26 Å². The summed E-state index contributed by atoms with van der Waals surface area (Å²) in [6, 6.07) is 11.5. The van der Waals surface area contributed by atoms with Gasteiger partial charge in [-0.1, -0.05) is 12.1 Å². The molecule has 0 spiro atoms. The topological polar surface area (TPSA) is 79.2 Å². The summed E-state index contributed by atoms with van der Waals surface area (Å²) in [6.07, 6.45) is 0. The van der Waals surface area contributed by atoms with Crippen LogP contribution in [0.5, 0.6) is 5.75 Å². The summed E-state index contributed by atoms with van der Waals surface area (Å²) in [5.41, 5.74) is 0.404. The molecule has 0 aromatic heterocycles. The number of methoxy groups -OCH3 is 1. The maximum atomic E-state index is 13.3. The van der Waals surface area contributed by atoms with E-state index >= 15 is 0 Å². The maximum Gasteiger partial charge on any atom is 0.242 e. The van der Waals surface area contributed by atoms with Crippen molar-refractivity contribution in [2.45, 2.75) is 11.4 Å². The monoisotopic (exact) mass is 320 g/mol. The van der Waals surface area contributed by atoms with Gasteiger partial charge in [-0.05, 0) is 30.3 Å². The Bertz CT molecular complexity index is 829. The molecule has 7 heteroatoms. The normalized spacial score (nSPS) is 11.0. The van der Waals surface area contributed by atoms with E-state index in [1.807, 2.05) is 6.07 Å². The van der Waals surface area contributed by atoms with E-state index in [9.17, 15) is 12.8 Å². The van der Waals surface area contributed by atoms with Crippen LogP contribution in [0.4, 0.5) is 4.39 Å². The van der Waals surface area contributed by atoms with Crippen LogP contribution >= 0.6 is 0 Å². The molecular weight excluding hydrogens is 307 g/mol. The zero-order chi connectivity index (χ0) is 16.2. The quantitative estimate of drug-likeness (QED) is 0.916. The summed E-state index contributed by atoms with van der Waals surface area (Å²) in [5, 5.41) is 8.97. The molecule has 0 heterocycles. The lowest BCUT2D eigenvalue weighted by Crippen LogP contribution is -2.24. The van der Waals surface area contributed by atoms with Crippen molar-refractivity contribution in [3.63, 3.8) is 0 Å². The van der Waals surface area contributed by atoms with Gasteiger partial charge in [0, 0.05) is 12.1 Å². The van der Waals surface area contributed by atoms with E-state index in [1.54, 1.807) is 6.07 Å². The lowest BCUT2D eigenvalue weighted by Gasteiger charge is -2.11. The first kappa shape index (κ1) is 15.9. The standard InChI is InChI=1S/C15H13FN2O3S/c1-21-14-7-6-13(16)8-12(14)10-18-22(19,20)15-5-3-2-4-11(15)9-17/h2-8,18H,10H2,1H3. The number of nitrogens with zero attached hydrogens (tertiary/aromatic N) is 1. The summed E-state index contributed by atoms with van der Waals surface area (Å²) in [4.78, 5) is -0.118. The molecule has 0 unspecified atom stereocenters. The first-order chi connectivity index (χ1) is 10.5. The van der Waals surface area contributed by atoms with Crippen LogP contribution in [-0.2, 0) is 16.6 Å². The van der Waals surface area contributed by atoms with Crippen molar-refractivity contribution in [3.05, 3.63) is 59.4 Å². The Hall–Kier alpha value is -2.43. The third kappa shape index (κ3) is 3.42. The fourth-order valence-corrected chi connectivity index (χ4v) is 3.09. The maximum absolute atomic E-state index is 13.3. The minimum atomic E-state index is -3.89. The Labute approximate surface area is 128 Å². The summed E-state index contributed by atoms with van der Waals surface area (Å²) in [7, 11) is -2.48. The Morgan fingerprint density at radius 2 is 2.00 bits per heavy atom. The van der Waals surface area contributed by atoms with Crippen LogP contribution in [0.25, 0.3) is 0 Å². The molecule has 0 atom stereocenters. The van der Waals surface area contributed by atoms with E-state index in [-0.39, 0.29) is 17.0 Å². The van der Waals surface area contributed by atoms with Crippen molar-refractivity contribution in [3.8, 4) is 11.8 Å². The fraction of sp³-hybridized carbons (Fsp3) is 0.133. The summed E-state index contributed by atoms with van der Waals surface area (Å²) < 4.78 is 45.2. The van der Waals surface area contributed by atoms with Gasteiger partial charge >= 0.3 is 0 Å². The van der Waals surface area contributed by atoms with Gasteiger partial charge in [-0.25, -0.2) is 17.5 Å². The second-order valence-corrected chi connectivity index (χ2v) is 6.12. The van der Waals surface area contributed by atoms with Crippen LogP contribution in [0.3, 0.4) is 0 Å². The van der Waals surface area contributed by atoms with Crippen molar-refractivity contribution in [1.82, 2.24) is 4.72 Å². The van der Waals surface area contributed by atoms with Crippen molar-refractivity contribution < 1.29 is 17.5 Å². The highest BCUT2D eigenvalue weighted by molar-refractivity contribution is 7.89. The van der Waals surface area contributed by atoms with Gasteiger partial charge in [0.25, 0.3) is 0 Å². The summed E-state index contributed by atoms with van der Waals surface area (Å²) >= 11 is 0. The first-order valence-corrected chi connectivity index (χ1v) is 7.77. The van der Waals surface area contributed by atoms with E-state index in [1.165, 1.54) is 43.5 Å². The number of rotatable bonds is 5. The molecular formula is C15H13FN2O3S. The number of nitriles is 1. The third-order valence-electron chi connectivity index (χ3n) is 2.99. The smallest absolute Gasteiger partial charge is 0.242 e. The molecule has 5 nitrogen and oxygen atoms in total. The van der Waals surface area contributed by atoms with Crippen LogP contribution < -0.4 is 9.46 Å². The highest BCUT2D eigenvalue weighted by atomic mass is 32.2. The number of nitrogens with one attached hydrogen (secondary N) is 1. The molecule has 114 valence electrons. The summed E-state index contributed by atoms with van der Waals surface area (Å²) in [6.45, 7) is -0.150. The number of ether oxygens (including phenoxy) is 1. The van der Waals surface area contributed by atoms with Gasteiger partial charge in [-0.15, -0.1) is 0 Å². The van der Waals surface area contributed by atoms with Gasteiger partial charge in [0.2, 0.25) is 10.0 Å². The van der Waals surface area contributed by atoms with Crippen molar-refractivity contribution in [2.75, 3.05) is 7.11 Å². The van der Waals surface area contributed by atoms with E-state index < -0.39 is 15.8 Å². The molecule has 0 amide bonds. The second kappa shape index (κ2) is 6.56. The Kier molecular flexibility index (Phi) is 4.75. The van der Waals surface area contributed by atoms with E-state index in [4.69, 9.17) is 10.00 Å². The van der Waals surface area contributed by atoms with Gasteiger partial charge in [0.1, 0.15) is 17.6 Å². The number of hydrogen-bond acceptors (Lipinski definition) is 4. The molecule has 2 rings (SSSR count). The Morgan fingerprint density at radius 3 is 2.68 bits per heavy atom. The van der Waals surface area contributed by atoms with Crippen LogP contribution in [0.15, 0.2) is 47.4 Å². The van der Waals surface area contributed by atoms with E-state index in [2.05, 4.69) is 4.72 Å². The van der Waals surface area contributed by atoms with Gasteiger partial charge in [-0.3, -0.25) is 0 Å². The average Bonchev–Trinajstić information content (AvgIpc) is 2.53. The average molecular weight is 320 g/mol. The number of sulfonamides is 1. The molecule has 1 N–H and O–H groups in total. The summed E-state index contributed by atoms with van der Waals surface area (Å²) in [5.74, 6) is -0.120.